The average molecular weight is 338 g/mol. The van der Waals surface area contributed by atoms with Crippen LogP contribution in [0.3, 0.4) is 0 Å². The highest BCUT2D eigenvalue weighted by Crippen LogP contribution is 2.38. The Kier molecular flexibility index (Phi) is 7.03. The summed E-state index contributed by atoms with van der Waals surface area (Å²) in [6.45, 7) is 7.73. The van der Waals surface area contributed by atoms with Gasteiger partial charge in [-0.1, -0.05) is 6.92 Å². The summed E-state index contributed by atoms with van der Waals surface area (Å²) in [7, 11) is 0. The van der Waals surface area contributed by atoms with Gasteiger partial charge in [-0.2, -0.15) is 0 Å². The first-order valence-corrected chi connectivity index (χ1v) is 7.53. The predicted molar refractivity (Wildman–Crippen MR) is 87.3 cm³/mol. The quantitative estimate of drug-likeness (QED) is 0.763. The molecule has 1 rings (SSSR count). The highest BCUT2D eigenvalue weighted by atomic mass is 17.0. The first kappa shape index (κ1) is 19.3. The van der Waals surface area contributed by atoms with E-state index in [0.29, 0.717) is 30.0 Å². The fourth-order valence-corrected chi connectivity index (χ4v) is 2.10. The second-order valence-electron chi connectivity index (χ2n) is 4.83. The summed E-state index contributed by atoms with van der Waals surface area (Å²) < 4.78 is 5.55. The lowest BCUT2D eigenvalue weighted by atomic mass is 10.1. The van der Waals surface area contributed by atoms with Crippen LogP contribution < -0.4 is 15.3 Å². The molecule has 24 heavy (non-hydrogen) atoms. The van der Waals surface area contributed by atoms with Crippen molar-refractivity contribution < 1.29 is 28.8 Å². The predicted octanol–water partition coefficient (Wildman–Crippen LogP) is 2.37. The molecular weight excluding hydrogens is 316 g/mol. The fraction of sp³-hybridized carbons (Fsp3) is 0.438. The molecule has 1 aromatic rings. The molecular formula is C16H22N2O6. The first-order valence-electron chi connectivity index (χ1n) is 7.53. The van der Waals surface area contributed by atoms with E-state index in [1.165, 1.54) is 20.8 Å². The van der Waals surface area contributed by atoms with Crippen LogP contribution in [-0.4, -0.2) is 24.5 Å². The molecule has 0 fully saturated rings. The first-order chi connectivity index (χ1) is 11.3. The highest BCUT2D eigenvalue weighted by Gasteiger charge is 2.25. The molecule has 132 valence electrons. The summed E-state index contributed by atoms with van der Waals surface area (Å²) in [6.07, 6.45) is 0.463. The highest BCUT2D eigenvalue weighted by molar-refractivity contribution is 5.91. The largest absolute Gasteiger partial charge is 0.491 e. The number of nitrogens with one attached hydrogen (secondary N) is 1. The van der Waals surface area contributed by atoms with E-state index in [0.717, 1.165) is 5.23 Å². The minimum Gasteiger partial charge on any atom is -0.491 e. The molecule has 8 nitrogen and oxygen atoms in total. The molecule has 8 heteroatoms. The van der Waals surface area contributed by atoms with Crippen molar-refractivity contribution in [2.75, 3.05) is 17.2 Å². The van der Waals surface area contributed by atoms with Crippen LogP contribution in [0.4, 0.5) is 11.4 Å². The number of nitrogens with zero attached hydrogens (tertiary/aromatic N) is 1. The van der Waals surface area contributed by atoms with Gasteiger partial charge in [0.1, 0.15) is 5.75 Å². The maximum atomic E-state index is 11.4. The molecule has 0 aromatic heterocycles. The second kappa shape index (κ2) is 8.76. The Hall–Kier alpha value is -2.77. The van der Waals surface area contributed by atoms with Gasteiger partial charge in [-0.05, 0) is 30.7 Å². The topological polar surface area (TPSA) is 94.2 Å². The van der Waals surface area contributed by atoms with Gasteiger partial charge < -0.3 is 19.7 Å². The molecule has 0 bridgehead atoms. The third kappa shape index (κ3) is 5.15. The van der Waals surface area contributed by atoms with Crippen LogP contribution in [0.2, 0.25) is 0 Å². The van der Waals surface area contributed by atoms with Crippen LogP contribution in [0.5, 0.6) is 5.75 Å². The standard InChI is InChI=1S/C16H22N2O6/c1-6-13-14(17-10(3)19)8-9-15(22-7-2)16(13)18(23-11(4)20)24-12(5)21/h8-9H,6-7H2,1-5H3,(H,17,19). The van der Waals surface area contributed by atoms with Crippen molar-refractivity contribution in [1.82, 2.24) is 0 Å². The summed E-state index contributed by atoms with van der Waals surface area (Å²) in [5.74, 6) is -1.26. The molecule has 0 aliphatic heterocycles. The Morgan fingerprint density at radius 1 is 1.04 bits per heavy atom. The maximum absolute atomic E-state index is 11.4. The number of anilines is 2. The van der Waals surface area contributed by atoms with Gasteiger partial charge in [0.25, 0.3) is 0 Å². The van der Waals surface area contributed by atoms with Gasteiger partial charge in [0, 0.05) is 32.0 Å². The number of benzene rings is 1. The van der Waals surface area contributed by atoms with Crippen molar-refractivity contribution in [3.63, 3.8) is 0 Å². The van der Waals surface area contributed by atoms with Crippen LogP contribution in [0.1, 0.15) is 40.2 Å². The van der Waals surface area contributed by atoms with E-state index >= 15 is 0 Å². The molecule has 0 spiro atoms. The Balaban J connectivity index is 3.52. The molecule has 0 radical (unpaired) electrons. The van der Waals surface area contributed by atoms with Crippen molar-refractivity contribution in [3.8, 4) is 5.75 Å². The molecule has 1 N–H and O–H groups in total. The number of hydrogen-bond donors (Lipinski definition) is 1. The minimum atomic E-state index is -0.675. The molecule has 0 aliphatic carbocycles. The molecule has 0 atom stereocenters. The van der Waals surface area contributed by atoms with Crippen molar-refractivity contribution in [2.45, 2.75) is 41.0 Å². The number of hydrogen-bond acceptors (Lipinski definition) is 7. The average Bonchev–Trinajstić information content (AvgIpc) is 2.46. The van der Waals surface area contributed by atoms with Crippen molar-refractivity contribution in [3.05, 3.63) is 17.7 Å². The lowest BCUT2D eigenvalue weighted by Gasteiger charge is -2.25. The van der Waals surface area contributed by atoms with Crippen LogP contribution in [-0.2, 0) is 30.5 Å². The molecule has 1 amide bonds. The smallest absolute Gasteiger partial charge is 0.333 e. The molecule has 0 saturated carbocycles. The van der Waals surface area contributed by atoms with Gasteiger partial charge in [0.2, 0.25) is 5.91 Å². The molecule has 0 aliphatic rings. The van der Waals surface area contributed by atoms with Crippen molar-refractivity contribution >= 4 is 29.2 Å². The zero-order chi connectivity index (χ0) is 18.3. The third-order valence-corrected chi connectivity index (χ3v) is 2.82. The van der Waals surface area contributed by atoms with E-state index in [2.05, 4.69) is 5.32 Å². The summed E-state index contributed by atoms with van der Waals surface area (Å²) >= 11 is 0. The second-order valence-corrected chi connectivity index (χ2v) is 4.83. The number of carbonyl (C=O) groups is 3. The normalized spacial score (nSPS) is 9.88. The zero-order valence-corrected chi connectivity index (χ0v) is 14.5. The van der Waals surface area contributed by atoms with Gasteiger partial charge in [0.05, 0.1) is 6.61 Å². The van der Waals surface area contributed by atoms with E-state index in [-0.39, 0.29) is 11.6 Å². The van der Waals surface area contributed by atoms with E-state index in [1.54, 1.807) is 19.1 Å². The Morgan fingerprint density at radius 2 is 1.62 bits per heavy atom. The number of carbonyl (C=O) groups excluding carboxylic acids is 3. The van der Waals surface area contributed by atoms with Crippen LogP contribution in [0.25, 0.3) is 0 Å². The van der Waals surface area contributed by atoms with E-state index in [9.17, 15) is 14.4 Å². The lowest BCUT2D eigenvalue weighted by Crippen LogP contribution is -2.30. The van der Waals surface area contributed by atoms with Gasteiger partial charge >= 0.3 is 11.9 Å². The van der Waals surface area contributed by atoms with E-state index < -0.39 is 11.9 Å². The summed E-state index contributed by atoms with van der Waals surface area (Å²) in [5, 5.41) is 3.42. The number of rotatable bonds is 7. The summed E-state index contributed by atoms with van der Waals surface area (Å²) in [5.41, 5.74) is 1.35. The summed E-state index contributed by atoms with van der Waals surface area (Å²) in [4.78, 5) is 44.1. The Morgan fingerprint density at radius 3 is 2.04 bits per heavy atom. The monoisotopic (exact) mass is 338 g/mol. The Labute approximate surface area is 140 Å². The Bertz CT molecular complexity index is 613. The molecule has 0 unspecified atom stereocenters. The van der Waals surface area contributed by atoms with Crippen LogP contribution in [0, 0.1) is 0 Å². The number of ether oxygens (including phenoxy) is 1. The lowest BCUT2D eigenvalue weighted by molar-refractivity contribution is -0.171. The fourth-order valence-electron chi connectivity index (χ4n) is 2.10. The zero-order valence-electron chi connectivity index (χ0n) is 14.5. The molecule has 0 heterocycles. The third-order valence-electron chi connectivity index (χ3n) is 2.82. The van der Waals surface area contributed by atoms with Gasteiger partial charge in [-0.15, -0.1) is 0 Å². The van der Waals surface area contributed by atoms with E-state index in [4.69, 9.17) is 14.4 Å². The SMILES string of the molecule is CCOc1ccc(NC(C)=O)c(CC)c1N(OC(C)=O)OC(C)=O. The molecule has 0 saturated heterocycles. The van der Waals surface area contributed by atoms with Crippen molar-refractivity contribution in [2.24, 2.45) is 0 Å². The van der Waals surface area contributed by atoms with Gasteiger partial charge in [-0.3, -0.25) is 4.79 Å². The maximum Gasteiger partial charge on any atom is 0.333 e. The summed E-state index contributed by atoms with van der Waals surface area (Å²) in [6, 6.07) is 3.28. The van der Waals surface area contributed by atoms with Crippen molar-refractivity contribution in [1.29, 1.82) is 0 Å². The van der Waals surface area contributed by atoms with Crippen LogP contribution in [0.15, 0.2) is 12.1 Å². The van der Waals surface area contributed by atoms with Gasteiger partial charge in [0.15, 0.2) is 5.69 Å². The van der Waals surface area contributed by atoms with Crippen LogP contribution >= 0.6 is 0 Å². The number of amides is 1. The molecule has 1 aromatic carbocycles. The van der Waals surface area contributed by atoms with Gasteiger partial charge in [-0.25, -0.2) is 9.59 Å². The van der Waals surface area contributed by atoms with E-state index in [1.807, 2.05) is 6.92 Å². The minimum absolute atomic E-state index is 0.246.